The number of benzene rings is 3. The summed E-state index contributed by atoms with van der Waals surface area (Å²) in [5.74, 6) is 0.0150. The van der Waals surface area contributed by atoms with Crippen molar-refractivity contribution < 1.29 is 4.79 Å². The molecule has 26 heavy (non-hydrogen) atoms. The zero-order valence-corrected chi connectivity index (χ0v) is 13.8. The quantitative estimate of drug-likeness (QED) is 0.416. The van der Waals surface area contributed by atoms with Crippen LogP contribution < -0.4 is 5.56 Å². The molecule has 0 saturated heterocycles. The third-order valence-corrected chi connectivity index (χ3v) is 5.59. The predicted octanol–water partition coefficient (Wildman–Crippen LogP) is 4.24. The summed E-state index contributed by atoms with van der Waals surface area (Å²) in [5, 5.41) is 1.36. The molecule has 0 fully saturated rings. The Bertz CT molecular complexity index is 1340. The Morgan fingerprint density at radius 3 is 2.23 bits per heavy atom. The second-order valence-corrected chi connectivity index (χ2v) is 6.87. The van der Waals surface area contributed by atoms with Crippen LogP contribution in [0, 0.1) is 0 Å². The first kappa shape index (κ1) is 13.8. The smallest absolute Gasteiger partial charge is 0.259 e. The molecule has 3 aromatic carbocycles. The van der Waals surface area contributed by atoms with Gasteiger partial charge in [-0.15, -0.1) is 0 Å². The van der Waals surface area contributed by atoms with Crippen LogP contribution in [0.3, 0.4) is 0 Å². The Hall–Kier alpha value is -3.46. The van der Waals surface area contributed by atoms with Gasteiger partial charge in [-0.05, 0) is 22.8 Å². The first-order valence-electron chi connectivity index (χ1n) is 8.67. The van der Waals surface area contributed by atoms with Crippen molar-refractivity contribution in [2.45, 2.75) is 6.54 Å². The van der Waals surface area contributed by atoms with Crippen LogP contribution in [0.4, 0.5) is 0 Å². The Morgan fingerprint density at radius 1 is 0.654 bits per heavy atom. The Kier molecular flexibility index (Phi) is 2.43. The van der Waals surface area contributed by atoms with Gasteiger partial charge in [0.2, 0.25) is 0 Å². The van der Waals surface area contributed by atoms with E-state index in [1.807, 2.05) is 48.5 Å². The average molecular weight is 335 g/mol. The van der Waals surface area contributed by atoms with Crippen LogP contribution in [-0.2, 0) is 6.54 Å². The molecule has 1 aliphatic heterocycles. The van der Waals surface area contributed by atoms with Crippen molar-refractivity contribution in [2.75, 3.05) is 0 Å². The van der Waals surface area contributed by atoms with E-state index in [-0.39, 0.29) is 11.3 Å². The van der Waals surface area contributed by atoms with Gasteiger partial charge < -0.3 is 4.57 Å². The van der Waals surface area contributed by atoms with E-state index in [0.717, 1.165) is 33.3 Å². The summed E-state index contributed by atoms with van der Waals surface area (Å²) in [4.78, 5) is 26.5. The van der Waals surface area contributed by atoms with E-state index in [0.29, 0.717) is 23.1 Å². The Morgan fingerprint density at radius 2 is 1.35 bits per heavy atom. The van der Waals surface area contributed by atoms with E-state index < -0.39 is 0 Å². The van der Waals surface area contributed by atoms with Crippen molar-refractivity contribution in [1.82, 2.24) is 4.57 Å². The topological polar surface area (TPSA) is 39.1 Å². The molecule has 0 spiro atoms. The molecule has 0 saturated carbocycles. The molecule has 1 aliphatic carbocycles. The molecule has 6 rings (SSSR count). The third kappa shape index (κ3) is 1.49. The van der Waals surface area contributed by atoms with Crippen molar-refractivity contribution in [1.29, 1.82) is 0 Å². The molecular formula is C23H13NO2. The zero-order chi connectivity index (χ0) is 17.4. The van der Waals surface area contributed by atoms with Crippen LogP contribution in [0.2, 0.25) is 0 Å². The summed E-state index contributed by atoms with van der Waals surface area (Å²) >= 11 is 0. The lowest BCUT2D eigenvalue weighted by molar-refractivity contribution is 0.104. The lowest BCUT2D eigenvalue weighted by Crippen LogP contribution is -2.23. The van der Waals surface area contributed by atoms with Crippen LogP contribution in [0.25, 0.3) is 33.2 Å². The number of rotatable bonds is 0. The first-order chi connectivity index (χ1) is 12.8. The minimum atomic E-state index is -0.0356. The summed E-state index contributed by atoms with van der Waals surface area (Å²) in [7, 11) is 0. The van der Waals surface area contributed by atoms with E-state index in [9.17, 15) is 9.59 Å². The van der Waals surface area contributed by atoms with Gasteiger partial charge in [-0.3, -0.25) is 9.59 Å². The molecule has 2 aliphatic rings. The molecule has 2 heterocycles. The molecular weight excluding hydrogens is 322 g/mol. The fourth-order valence-electron chi connectivity index (χ4n) is 4.48. The highest BCUT2D eigenvalue weighted by Crippen LogP contribution is 2.47. The second-order valence-electron chi connectivity index (χ2n) is 6.87. The Balaban J connectivity index is 1.93. The summed E-state index contributed by atoms with van der Waals surface area (Å²) in [6.07, 6.45) is 0. The maximum atomic E-state index is 13.3. The number of hydrogen-bond donors (Lipinski definition) is 0. The predicted molar refractivity (Wildman–Crippen MR) is 102 cm³/mol. The van der Waals surface area contributed by atoms with Crippen molar-refractivity contribution in [3.05, 3.63) is 93.8 Å². The second kappa shape index (κ2) is 4.58. The van der Waals surface area contributed by atoms with Crippen molar-refractivity contribution >= 4 is 16.6 Å². The lowest BCUT2D eigenvalue weighted by atomic mass is 9.94. The van der Waals surface area contributed by atoms with Gasteiger partial charge in [0.1, 0.15) is 0 Å². The molecule has 0 amide bonds. The standard InChI is InChI=1S/C23H13NO2/c25-22-18-11-5-10-15-14-7-2-1-6-13(14)12-24-21(19(15)18)20(22)16-8-3-4-9-17(16)23(24)26/h1-11H,12H2. The first-order valence-corrected chi connectivity index (χ1v) is 8.67. The summed E-state index contributed by atoms with van der Waals surface area (Å²) in [6, 6.07) is 21.4. The van der Waals surface area contributed by atoms with E-state index in [2.05, 4.69) is 18.2 Å². The maximum Gasteiger partial charge on any atom is 0.259 e. The van der Waals surface area contributed by atoms with Crippen LogP contribution in [-0.4, -0.2) is 10.4 Å². The molecule has 0 bridgehead atoms. The highest BCUT2D eigenvalue weighted by Gasteiger charge is 2.36. The number of carbonyl (C=O) groups excluding carboxylic acids is 1. The molecule has 0 radical (unpaired) electrons. The summed E-state index contributed by atoms with van der Waals surface area (Å²) in [6.45, 7) is 0.476. The molecule has 3 nitrogen and oxygen atoms in total. The van der Waals surface area contributed by atoms with Gasteiger partial charge in [-0.2, -0.15) is 0 Å². The van der Waals surface area contributed by atoms with Crippen LogP contribution in [0.15, 0.2) is 71.5 Å². The van der Waals surface area contributed by atoms with Gasteiger partial charge in [-0.25, -0.2) is 0 Å². The highest BCUT2D eigenvalue weighted by molar-refractivity contribution is 6.28. The van der Waals surface area contributed by atoms with Crippen LogP contribution in [0.1, 0.15) is 21.5 Å². The average Bonchev–Trinajstić information content (AvgIpc) is 2.89. The van der Waals surface area contributed by atoms with Crippen molar-refractivity contribution in [2.24, 2.45) is 0 Å². The molecule has 3 heteroatoms. The molecule has 1 aromatic heterocycles. The van der Waals surface area contributed by atoms with Gasteiger partial charge in [0.25, 0.3) is 5.56 Å². The van der Waals surface area contributed by atoms with E-state index >= 15 is 0 Å². The minimum Gasteiger partial charge on any atom is -0.302 e. The molecule has 0 atom stereocenters. The number of ketones is 1. The minimum absolute atomic E-state index is 0.0150. The van der Waals surface area contributed by atoms with E-state index in [4.69, 9.17) is 0 Å². The van der Waals surface area contributed by atoms with Gasteiger partial charge in [0, 0.05) is 21.9 Å². The lowest BCUT2D eigenvalue weighted by Gasteiger charge is -2.13. The van der Waals surface area contributed by atoms with Crippen LogP contribution in [0.5, 0.6) is 0 Å². The van der Waals surface area contributed by atoms with Crippen molar-refractivity contribution in [3.8, 4) is 22.4 Å². The number of carbonyl (C=O) groups is 1. The third-order valence-electron chi connectivity index (χ3n) is 5.59. The zero-order valence-electron chi connectivity index (χ0n) is 13.8. The number of nitrogens with zero attached hydrogens (tertiary/aromatic N) is 1. The fraction of sp³-hybridized carbons (Fsp3) is 0.0435. The summed E-state index contributed by atoms with van der Waals surface area (Å²) < 4.78 is 1.79. The van der Waals surface area contributed by atoms with Gasteiger partial charge in [0.15, 0.2) is 5.78 Å². The number of aromatic nitrogens is 1. The summed E-state index contributed by atoms with van der Waals surface area (Å²) in [5.41, 5.74) is 6.23. The normalized spacial score (nSPS) is 13.5. The molecule has 122 valence electrons. The number of pyridine rings is 1. The Labute approximate surface area is 149 Å². The van der Waals surface area contributed by atoms with E-state index in [1.54, 1.807) is 4.57 Å². The SMILES string of the molecule is O=C1c2cccc3c2-c2c1c1ccccc1c(=O)n2Cc1ccccc1-3. The maximum absolute atomic E-state index is 13.3. The van der Waals surface area contributed by atoms with Gasteiger partial charge in [-0.1, -0.05) is 60.7 Å². The molecule has 4 aromatic rings. The number of fused-ring (bicyclic) bond motifs is 4. The van der Waals surface area contributed by atoms with Crippen LogP contribution >= 0.6 is 0 Å². The molecule has 0 unspecified atom stereocenters. The van der Waals surface area contributed by atoms with Gasteiger partial charge in [0.05, 0.1) is 17.8 Å². The monoisotopic (exact) mass is 335 g/mol. The van der Waals surface area contributed by atoms with Crippen molar-refractivity contribution in [3.63, 3.8) is 0 Å². The largest absolute Gasteiger partial charge is 0.302 e. The fourth-order valence-corrected chi connectivity index (χ4v) is 4.48. The van der Waals surface area contributed by atoms with Gasteiger partial charge >= 0.3 is 0 Å². The number of hydrogen-bond acceptors (Lipinski definition) is 2. The molecule has 0 N–H and O–H groups in total. The van der Waals surface area contributed by atoms with E-state index in [1.165, 1.54) is 0 Å². The highest BCUT2D eigenvalue weighted by atomic mass is 16.1.